The summed E-state index contributed by atoms with van der Waals surface area (Å²) in [5, 5.41) is 19.3. The lowest BCUT2D eigenvalue weighted by Gasteiger charge is -2.36. The van der Waals surface area contributed by atoms with Gasteiger partial charge in [-0.3, -0.25) is 14.4 Å². The number of ether oxygens (including phenoxy) is 2. The molecule has 0 bridgehead atoms. The minimum atomic E-state index is -0.932. The molecule has 2 aromatic rings. The van der Waals surface area contributed by atoms with E-state index in [9.17, 15) is 24.6 Å². The molecule has 0 fully saturated rings. The SMILES string of the molecule is C=C/C(C)=C/C=C/C(C)=C/C=C/C=C(C)/C=C/C=C(C)/C=C/C1=C(C)C(=O)C(OC(=O)CCC(=O)Oc2ccc(/C=C/c3cc(O)cc(O)c3)cc2)CC1(C)C. The van der Waals surface area contributed by atoms with E-state index in [4.69, 9.17) is 9.47 Å². The third-order valence-corrected chi connectivity index (χ3v) is 8.90. The maximum absolute atomic E-state index is 13.3. The molecule has 0 saturated carbocycles. The molecule has 2 aromatic carbocycles. The second-order valence-corrected chi connectivity index (χ2v) is 14.4. The third-order valence-electron chi connectivity index (χ3n) is 8.90. The van der Waals surface area contributed by atoms with E-state index in [0.29, 0.717) is 23.3 Å². The van der Waals surface area contributed by atoms with Gasteiger partial charge in [-0.05, 0) is 86.6 Å². The average Bonchev–Trinajstić information content (AvgIpc) is 3.13. The first kappa shape index (κ1) is 44.2. The molecule has 7 heteroatoms. The van der Waals surface area contributed by atoms with Gasteiger partial charge in [0.2, 0.25) is 0 Å². The Morgan fingerprint density at radius 1 is 0.732 bits per heavy atom. The number of aromatic hydroxyl groups is 2. The van der Waals surface area contributed by atoms with Gasteiger partial charge in [-0.25, -0.2) is 0 Å². The first-order valence-corrected chi connectivity index (χ1v) is 18.6. The Morgan fingerprint density at radius 3 is 1.84 bits per heavy atom. The molecule has 0 aliphatic heterocycles. The fourth-order valence-electron chi connectivity index (χ4n) is 5.72. The van der Waals surface area contributed by atoms with E-state index in [2.05, 4.69) is 25.7 Å². The van der Waals surface area contributed by atoms with Crippen LogP contribution in [0.4, 0.5) is 0 Å². The van der Waals surface area contributed by atoms with Crippen LogP contribution in [0, 0.1) is 5.41 Å². The summed E-state index contributed by atoms with van der Waals surface area (Å²) in [7, 11) is 0. The number of Topliss-reactive ketones (excluding diaryl/α,β-unsaturated/α-hetero) is 1. The van der Waals surface area contributed by atoms with E-state index in [1.165, 1.54) is 18.2 Å². The van der Waals surface area contributed by atoms with Gasteiger partial charge in [0.15, 0.2) is 11.9 Å². The van der Waals surface area contributed by atoms with E-state index in [-0.39, 0.29) is 30.1 Å². The summed E-state index contributed by atoms with van der Waals surface area (Å²) in [4.78, 5) is 38.5. The lowest BCUT2D eigenvalue weighted by atomic mass is 9.71. The molecule has 1 atom stereocenters. The highest BCUT2D eigenvalue weighted by molar-refractivity contribution is 6.01. The highest BCUT2D eigenvalue weighted by atomic mass is 16.6. The van der Waals surface area contributed by atoms with E-state index < -0.39 is 23.5 Å². The van der Waals surface area contributed by atoms with Crippen molar-refractivity contribution in [2.24, 2.45) is 5.41 Å². The van der Waals surface area contributed by atoms with E-state index in [0.717, 1.165) is 33.4 Å². The number of benzene rings is 2. The molecule has 0 heterocycles. The first-order valence-electron chi connectivity index (χ1n) is 18.6. The Hall–Kier alpha value is -6.21. The minimum absolute atomic E-state index is 0.0431. The molecule has 0 saturated heterocycles. The van der Waals surface area contributed by atoms with Gasteiger partial charge < -0.3 is 19.7 Å². The van der Waals surface area contributed by atoms with Crippen LogP contribution < -0.4 is 4.74 Å². The van der Waals surface area contributed by atoms with Crippen molar-refractivity contribution in [1.29, 1.82) is 0 Å². The summed E-state index contributed by atoms with van der Waals surface area (Å²) < 4.78 is 11.0. The van der Waals surface area contributed by atoms with Gasteiger partial charge >= 0.3 is 11.9 Å². The van der Waals surface area contributed by atoms with Crippen molar-refractivity contribution in [3.05, 3.63) is 173 Å². The number of carbonyl (C=O) groups excluding carboxylic acids is 3. The standard InChI is InChI=1S/C49H54O7/c1-9-34(2)16-12-17-35(3)14-10-11-15-36(4)18-13-19-37(5)20-27-44-38(6)48(54)45(33-49(44,7)8)56-47(53)29-28-46(52)55-43-25-23-39(24-26-43)21-22-40-30-41(50)32-42(51)31-40/h9-27,30-32,45,50-51H,1,28-29,33H2,2-8H3/b11-10+,17-12+,18-13+,22-21+,27-20+,34-16+,35-14+,36-15+,37-19+. The Labute approximate surface area is 332 Å². The van der Waals surface area contributed by atoms with Crippen LogP contribution in [-0.2, 0) is 19.1 Å². The van der Waals surface area contributed by atoms with E-state index in [1.807, 2.05) is 101 Å². The number of phenolic OH excluding ortho intramolecular Hbond substituents is 2. The van der Waals surface area contributed by atoms with Gasteiger partial charge in [0.1, 0.15) is 17.2 Å². The second-order valence-electron chi connectivity index (χ2n) is 14.4. The van der Waals surface area contributed by atoms with E-state index in [1.54, 1.807) is 43.3 Å². The van der Waals surface area contributed by atoms with Gasteiger partial charge in [0.25, 0.3) is 0 Å². The van der Waals surface area contributed by atoms with Gasteiger partial charge in [0, 0.05) is 12.5 Å². The average molecular weight is 755 g/mol. The summed E-state index contributed by atoms with van der Waals surface area (Å²) in [5.74, 6) is -1.26. The van der Waals surface area contributed by atoms with Crippen LogP contribution in [0.2, 0.25) is 0 Å². The Bertz CT molecular complexity index is 2050. The van der Waals surface area contributed by atoms with Crippen molar-refractivity contribution in [1.82, 2.24) is 0 Å². The molecule has 292 valence electrons. The molecule has 1 aliphatic carbocycles. The monoisotopic (exact) mass is 754 g/mol. The summed E-state index contributed by atoms with van der Waals surface area (Å²) >= 11 is 0. The van der Waals surface area contributed by atoms with Crippen LogP contribution >= 0.6 is 0 Å². The van der Waals surface area contributed by atoms with Crippen molar-refractivity contribution >= 4 is 29.9 Å². The number of phenols is 2. The molecule has 3 rings (SSSR count). The zero-order valence-electron chi connectivity index (χ0n) is 33.5. The lowest BCUT2D eigenvalue weighted by Crippen LogP contribution is -2.39. The van der Waals surface area contributed by atoms with Crippen LogP contribution in [0.3, 0.4) is 0 Å². The molecular formula is C49H54O7. The Balaban J connectivity index is 1.50. The summed E-state index contributed by atoms with van der Waals surface area (Å²) in [6.07, 6.45) is 28.5. The largest absolute Gasteiger partial charge is 0.508 e. The fourth-order valence-corrected chi connectivity index (χ4v) is 5.72. The molecule has 1 aliphatic rings. The normalized spacial score (nSPS) is 17.3. The topological polar surface area (TPSA) is 110 Å². The lowest BCUT2D eigenvalue weighted by molar-refractivity contribution is -0.157. The highest BCUT2D eigenvalue weighted by Gasteiger charge is 2.39. The van der Waals surface area contributed by atoms with Gasteiger partial charge in [0.05, 0.1) is 12.8 Å². The number of esters is 2. The maximum atomic E-state index is 13.3. The summed E-state index contributed by atoms with van der Waals surface area (Å²) in [5.41, 5.74) is 6.79. The minimum Gasteiger partial charge on any atom is -0.508 e. The van der Waals surface area contributed by atoms with Crippen LogP contribution in [0.15, 0.2) is 161 Å². The van der Waals surface area contributed by atoms with Gasteiger partial charge in [-0.1, -0.05) is 146 Å². The summed E-state index contributed by atoms with van der Waals surface area (Å²) in [6, 6.07) is 11.0. The molecule has 7 nitrogen and oxygen atoms in total. The first-order chi connectivity index (χ1) is 26.6. The number of ketones is 1. The number of hydrogen-bond acceptors (Lipinski definition) is 7. The molecule has 1 unspecified atom stereocenters. The van der Waals surface area contributed by atoms with Crippen molar-refractivity contribution in [3.63, 3.8) is 0 Å². The van der Waals surface area contributed by atoms with Crippen molar-refractivity contribution in [2.45, 2.75) is 73.8 Å². The van der Waals surface area contributed by atoms with Crippen molar-refractivity contribution in [3.8, 4) is 17.2 Å². The molecule has 0 amide bonds. The molecule has 0 spiro atoms. The van der Waals surface area contributed by atoms with Crippen LogP contribution in [0.5, 0.6) is 17.2 Å². The molecule has 0 aromatic heterocycles. The molecular weight excluding hydrogens is 701 g/mol. The van der Waals surface area contributed by atoms with Crippen molar-refractivity contribution in [2.75, 3.05) is 0 Å². The molecule has 2 N–H and O–H groups in total. The predicted molar refractivity (Wildman–Crippen MR) is 228 cm³/mol. The van der Waals surface area contributed by atoms with E-state index >= 15 is 0 Å². The highest BCUT2D eigenvalue weighted by Crippen LogP contribution is 2.41. The Kier molecular flexibility index (Phi) is 17.1. The maximum Gasteiger partial charge on any atom is 0.311 e. The van der Waals surface area contributed by atoms with Crippen molar-refractivity contribution < 1.29 is 34.1 Å². The second kappa shape index (κ2) is 21.6. The van der Waals surface area contributed by atoms with Crippen LogP contribution in [0.1, 0.15) is 78.9 Å². The quantitative estimate of drug-likeness (QED) is 0.0760. The number of hydrogen-bond donors (Lipinski definition) is 2. The molecule has 0 radical (unpaired) electrons. The zero-order valence-corrected chi connectivity index (χ0v) is 33.5. The van der Waals surface area contributed by atoms with Gasteiger partial charge in [-0.2, -0.15) is 0 Å². The molecule has 56 heavy (non-hydrogen) atoms. The smallest absolute Gasteiger partial charge is 0.311 e. The summed E-state index contributed by atoms with van der Waals surface area (Å²) in [6.45, 7) is 17.6. The zero-order chi connectivity index (χ0) is 41.3. The Morgan fingerprint density at radius 2 is 1.25 bits per heavy atom. The fraction of sp³-hybridized carbons (Fsp3) is 0.245. The number of rotatable bonds is 16. The third kappa shape index (κ3) is 15.3. The van der Waals surface area contributed by atoms with Crippen LogP contribution in [-0.4, -0.2) is 34.0 Å². The number of carbonyl (C=O) groups is 3. The predicted octanol–water partition coefficient (Wildman–Crippen LogP) is 11.4. The number of allylic oxidation sites excluding steroid dienone is 18. The van der Waals surface area contributed by atoms with Crippen LogP contribution in [0.25, 0.3) is 12.2 Å². The van der Waals surface area contributed by atoms with Gasteiger partial charge in [-0.15, -0.1) is 0 Å².